The van der Waals surface area contributed by atoms with E-state index in [1.807, 2.05) is 6.07 Å². The molecule has 1 fully saturated rings. The van der Waals surface area contributed by atoms with Gasteiger partial charge in [-0.1, -0.05) is 6.07 Å². The first-order valence-corrected chi connectivity index (χ1v) is 8.32. The number of hydrogen-bond donors (Lipinski definition) is 2. The molecule has 6 heteroatoms. The molecule has 2 aliphatic rings. The van der Waals surface area contributed by atoms with E-state index in [0.717, 1.165) is 30.6 Å². The van der Waals surface area contributed by atoms with E-state index < -0.39 is 11.7 Å². The number of nitrogens with one attached hydrogen (secondary N) is 2. The van der Waals surface area contributed by atoms with Crippen LogP contribution in [-0.4, -0.2) is 24.4 Å². The summed E-state index contributed by atoms with van der Waals surface area (Å²) in [6, 6.07) is 9.71. The fourth-order valence-corrected chi connectivity index (χ4v) is 3.49. The van der Waals surface area contributed by atoms with E-state index in [9.17, 15) is 14.0 Å². The summed E-state index contributed by atoms with van der Waals surface area (Å²) in [6.45, 7) is 2.62. The molecule has 2 aromatic carbocycles. The molecule has 0 aromatic heterocycles. The molecule has 128 valence electrons. The smallest absolute Gasteiger partial charge is 0.255 e. The summed E-state index contributed by atoms with van der Waals surface area (Å²) in [5.41, 5.74) is 2.85. The molecule has 4 rings (SSSR count). The average Bonchev–Trinajstić information content (AvgIpc) is 3.07. The molecule has 0 saturated carbocycles. The molecule has 5 nitrogen and oxygen atoms in total. The number of fused-ring (bicyclic) bond motifs is 3. The van der Waals surface area contributed by atoms with Crippen molar-refractivity contribution in [3.8, 4) is 0 Å². The van der Waals surface area contributed by atoms with Crippen LogP contribution in [0.3, 0.4) is 0 Å². The summed E-state index contributed by atoms with van der Waals surface area (Å²) >= 11 is 0. The lowest BCUT2D eigenvalue weighted by atomic mass is 10.1. The standard InChI is InChI=1S/C19H18FN3O2/c1-11-4-6-14(13(20)9-11)21-18(24)12-5-7-16-15(10-12)22-19(25)17-3-2-8-23(16)17/h4-7,9-10,17H,2-3,8H2,1H3,(H,21,24)(H,22,25)/t17-/m1/s1. The molecule has 2 N–H and O–H groups in total. The van der Waals surface area contributed by atoms with Crippen LogP contribution in [0, 0.1) is 12.7 Å². The number of nitrogens with zero attached hydrogens (tertiary/aromatic N) is 1. The number of rotatable bonds is 2. The van der Waals surface area contributed by atoms with Crippen molar-refractivity contribution < 1.29 is 14.0 Å². The Bertz CT molecular complexity index is 881. The van der Waals surface area contributed by atoms with Crippen molar-refractivity contribution in [2.75, 3.05) is 22.1 Å². The van der Waals surface area contributed by atoms with Gasteiger partial charge in [0.25, 0.3) is 5.91 Å². The molecule has 0 radical (unpaired) electrons. The minimum Gasteiger partial charge on any atom is -0.358 e. The highest BCUT2D eigenvalue weighted by Crippen LogP contribution is 2.37. The molecule has 2 amide bonds. The molecular formula is C19H18FN3O2. The van der Waals surface area contributed by atoms with Crippen LogP contribution < -0.4 is 15.5 Å². The van der Waals surface area contributed by atoms with Gasteiger partial charge < -0.3 is 15.5 Å². The second kappa shape index (κ2) is 5.88. The van der Waals surface area contributed by atoms with Crippen molar-refractivity contribution in [1.82, 2.24) is 0 Å². The lowest BCUT2D eigenvalue weighted by Gasteiger charge is -2.33. The SMILES string of the molecule is Cc1ccc(NC(=O)c2ccc3c(c2)NC(=O)[C@H]2CCCN32)c(F)c1. The van der Waals surface area contributed by atoms with Crippen LogP contribution in [0.2, 0.25) is 0 Å². The number of hydrogen-bond acceptors (Lipinski definition) is 3. The van der Waals surface area contributed by atoms with E-state index in [1.165, 1.54) is 12.1 Å². The first-order chi connectivity index (χ1) is 12.0. The van der Waals surface area contributed by atoms with Gasteiger partial charge in [-0.3, -0.25) is 9.59 Å². The summed E-state index contributed by atoms with van der Waals surface area (Å²) in [7, 11) is 0. The highest BCUT2D eigenvalue weighted by Gasteiger charge is 2.36. The lowest BCUT2D eigenvalue weighted by Crippen LogP contribution is -2.43. The summed E-state index contributed by atoms with van der Waals surface area (Å²) in [4.78, 5) is 26.7. The third kappa shape index (κ3) is 2.73. The number of amides is 2. The maximum absolute atomic E-state index is 13.9. The Morgan fingerprint density at radius 2 is 2.12 bits per heavy atom. The van der Waals surface area contributed by atoms with E-state index in [4.69, 9.17) is 0 Å². The van der Waals surface area contributed by atoms with Crippen LogP contribution in [0.25, 0.3) is 0 Å². The molecule has 2 aliphatic heterocycles. The highest BCUT2D eigenvalue weighted by atomic mass is 19.1. The monoisotopic (exact) mass is 339 g/mol. The first kappa shape index (κ1) is 15.6. The third-order valence-corrected chi connectivity index (χ3v) is 4.75. The van der Waals surface area contributed by atoms with Gasteiger partial charge in [0.1, 0.15) is 11.9 Å². The fraction of sp³-hybridized carbons (Fsp3) is 0.263. The number of aryl methyl sites for hydroxylation is 1. The highest BCUT2D eigenvalue weighted by molar-refractivity contribution is 6.09. The van der Waals surface area contributed by atoms with Gasteiger partial charge in [0.15, 0.2) is 0 Å². The zero-order chi connectivity index (χ0) is 17.6. The Hall–Kier alpha value is -2.89. The summed E-state index contributed by atoms with van der Waals surface area (Å²) < 4.78 is 13.9. The van der Waals surface area contributed by atoms with Crippen molar-refractivity contribution in [3.63, 3.8) is 0 Å². The molecule has 1 atom stereocenters. The number of carbonyl (C=O) groups excluding carboxylic acids is 2. The normalized spacial score (nSPS) is 18.4. The van der Waals surface area contributed by atoms with Gasteiger partial charge in [0.2, 0.25) is 5.91 Å². The van der Waals surface area contributed by atoms with Crippen LogP contribution >= 0.6 is 0 Å². The summed E-state index contributed by atoms with van der Waals surface area (Å²) in [5, 5.41) is 5.45. The van der Waals surface area contributed by atoms with Gasteiger partial charge in [0, 0.05) is 12.1 Å². The van der Waals surface area contributed by atoms with Crippen molar-refractivity contribution in [2.24, 2.45) is 0 Å². The van der Waals surface area contributed by atoms with Gasteiger partial charge in [-0.2, -0.15) is 0 Å². The van der Waals surface area contributed by atoms with Crippen molar-refractivity contribution in [2.45, 2.75) is 25.8 Å². The Morgan fingerprint density at radius 1 is 1.28 bits per heavy atom. The number of anilines is 3. The third-order valence-electron chi connectivity index (χ3n) is 4.75. The average molecular weight is 339 g/mol. The lowest BCUT2D eigenvalue weighted by molar-refractivity contribution is -0.117. The summed E-state index contributed by atoms with van der Waals surface area (Å²) in [5.74, 6) is -0.921. The molecule has 25 heavy (non-hydrogen) atoms. The van der Waals surface area contributed by atoms with Gasteiger partial charge in [-0.05, 0) is 55.7 Å². The number of halogens is 1. The summed E-state index contributed by atoms with van der Waals surface area (Å²) in [6.07, 6.45) is 1.83. The van der Waals surface area contributed by atoms with Gasteiger partial charge in [-0.25, -0.2) is 4.39 Å². The van der Waals surface area contributed by atoms with E-state index in [1.54, 1.807) is 25.1 Å². The molecule has 2 aromatic rings. The number of carbonyl (C=O) groups is 2. The first-order valence-electron chi connectivity index (χ1n) is 8.32. The van der Waals surface area contributed by atoms with E-state index in [2.05, 4.69) is 15.5 Å². The molecule has 2 heterocycles. The zero-order valence-corrected chi connectivity index (χ0v) is 13.8. The molecular weight excluding hydrogens is 321 g/mol. The van der Waals surface area contributed by atoms with Crippen LogP contribution in [0.15, 0.2) is 36.4 Å². The molecule has 0 unspecified atom stereocenters. The van der Waals surface area contributed by atoms with Crippen molar-refractivity contribution in [1.29, 1.82) is 0 Å². The van der Waals surface area contributed by atoms with Crippen LogP contribution in [0.4, 0.5) is 21.5 Å². The minimum atomic E-state index is -0.473. The van der Waals surface area contributed by atoms with E-state index >= 15 is 0 Å². The Labute approximate surface area is 144 Å². The van der Waals surface area contributed by atoms with E-state index in [-0.39, 0.29) is 17.6 Å². The predicted octanol–water partition coefficient (Wildman–Crippen LogP) is 3.31. The molecule has 0 spiro atoms. The predicted molar refractivity (Wildman–Crippen MR) is 94.5 cm³/mol. The molecule has 1 saturated heterocycles. The fourth-order valence-electron chi connectivity index (χ4n) is 3.49. The van der Waals surface area contributed by atoms with Crippen LogP contribution in [0.5, 0.6) is 0 Å². The van der Waals surface area contributed by atoms with Gasteiger partial charge >= 0.3 is 0 Å². The number of benzene rings is 2. The quantitative estimate of drug-likeness (QED) is 0.882. The topological polar surface area (TPSA) is 61.4 Å². The molecule has 0 aliphatic carbocycles. The Morgan fingerprint density at radius 3 is 2.92 bits per heavy atom. The Kier molecular flexibility index (Phi) is 3.67. The van der Waals surface area contributed by atoms with Crippen molar-refractivity contribution in [3.05, 3.63) is 53.3 Å². The second-order valence-electron chi connectivity index (χ2n) is 6.51. The van der Waals surface area contributed by atoms with Crippen molar-refractivity contribution >= 4 is 28.9 Å². The van der Waals surface area contributed by atoms with Crippen LogP contribution in [-0.2, 0) is 4.79 Å². The zero-order valence-electron chi connectivity index (χ0n) is 13.8. The van der Waals surface area contributed by atoms with Gasteiger partial charge in [-0.15, -0.1) is 0 Å². The van der Waals surface area contributed by atoms with Gasteiger partial charge in [0.05, 0.1) is 17.1 Å². The van der Waals surface area contributed by atoms with E-state index in [0.29, 0.717) is 11.3 Å². The second-order valence-corrected chi connectivity index (χ2v) is 6.51. The molecule has 0 bridgehead atoms. The maximum Gasteiger partial charge on any atom is 0.255 e. The largest absolute Gasteiger partial charge is 0.358 e. The Balaban J connectivity index is 1.60. The minimum absolute atomic E-state index is 0.0351. The maximum atomic E-state index is 13.9. The van der Waals surface area contributed by atoms with Crippen LogP contribution in [0.1, 0.15) is 28.8 Å².